The first-order chi connectivity index (χ1) is 11.2. The second kappa shape index (κ2) is 7.62. The van der Waals surface area contributed by atoms with E-state index in [0.717, 1.165) is 43.3 Å². The average molecular weight is 328 g/mol. The number of imide groups is 1. The van der Waals surface area contributed by atoms with E-state index in [2.05, 4.69) is 4.90 Å². The van der Waals surface area contributed by atoms with Gasteiger partial charge in [0, 0.05) is 0 Å². The van der Waals surface area contributed by atoms with E-state index in [9.17, 15) is 9.59 Å². The number of carbonyl (C=O) groups excluding carboxylic acids is 2. The fourth-order valence-electron chi connectivity index (χ4n) is 2.75. The molecule has 2 amide bonds. The summed E-state index contributed by atoms with van der Waals surface area (Å²) in [6.45, 7) is 2.35. The van der Waals surface area contributed by atoms with Crippen LogP contribution in [0.2, 0.25) is 0 Å². The molecule has 5 heteroatoms. The van der Waals surface area contributed by atoms with Gasteiger partial charge in [0.1, 0.15) is 0 Å². The Labute approximate surface area is 140 Å². The van der Waals surface area contributed by atoms with Crippen LogP contribution < -0.4 is 0 Å². The van der Waals surface area contributed by atoms with Gasteiger partial charge in [0.25, 0.3) is 11.1 Å². The Morgan fingerprint density at radius 1 is 1.04 bits per heavy atom. The van der Waals surface area contributed by atoms with Gasteiger partial charge in [0.2, 0.25) is 0 Å². The Balaban J connectivity index is 1.63. The predicted molar refractivity (Wildman–Crippen MR) is 93.7 cm³/mol. The number of piperidine rings is 1. The second-order valence-electron chi connectivity index (χ2n) is 5.72. The van der Waals surface area contributed by atoms with Gasteiger partial charge in [0.15, 0.2) is 0 Å². The van der Waals surface area contributed by atoms with Gasteiger partial charge in [0.05, 0.1) is 11.6 Å². The van der Waals surface area contributed by atoms with Crippen molar-refractivity contribution in [2.24, 2.45) is 0 Å². The summed E-state index contributed by atoms with van der Waals surface area (Å²) in [6.07, 6.45) is 9.01. The predicted octanol–water partition coefficient (Wildman–Crippen LogP) is 3.72. The van der Waals surface area contributed by atoms with Crippen LogP contribution in [0.5, 0.6) is 0 Å². The topological polar surface area (TPSA) is 40.6 Å². The number of likely N-dealkylation sites (tertiary alicyclic amines) is 1. The van der Waals surface area contributed by atoms with Gasteiger partial charge in [-0.15, -0.1) is 0 Å². The molecule has 0 saturated carbocycles. The van der Waals surface area contributed by atoms with Crippen molar-refractivity contribution in [1.29, 1.82) is 0 Å². The maximum Gasteiger partial charge on any atom is 0.294 e. The van der Waals surface area contributed by atoms with Crippen LogP contribution in [0.4, 0.5) is 4.79 Å². The molecule has 3 rings (SSSR count). The first kappa shape index (κ1) is 16.0. The number of nitrogens with zero attached hydrogens (tertiary/aromatic N) is 2. The summed E-state index contributed by atoms with van der Waals surface area (Å²) in [5, 5.41) is -0.167. The second-order valence-corrected chi connectivity index (χ2v) is 6.72. The van der Waals surface area contributed by atoms with E-state index >= 15 is 0 Å². The molecule has 120 valence electrons. The van der Waals surface area contributed by atoms with Crippen molar-refractivity contribution in [3.05, 3.63) is 53.0 Å². The highest BCUT2D eigenvalue weighted by molar-refractivity contribution is 8.18. The molecule has 0 aliphatic carbocycles. The van der Waals surface area contributed by atoms with Crippen LogP contribution in [0.15, 0.2) is 47.4 Å². The van der Waals surface area contributed by atoms with Crippen LogP contribution in [-0.2, 0) is 4.79 Å². The van der Waals surface area contributed by atoms with Crippen molar-refractivity contribution >= 4 is 29.0 Å². The molecule has 1 aromatic rings. The summed E-state index contributed by atoms with van der Waals surface area (Å²) < 4.78 is 0. The minimum absolute atomic E-state index is 0.167. The van der Waals surface area contributed by atoms with E-state index in [0.29, 0.717) is 11.6 Å². The molecular formula is C18H20N2O2S. The van der Waals surface area contributed by atoms with Crippen molar-refractivity contribution in [2.45, 2.75) is 19.3 Å². The quantitative estimate of drug-likeness (QED) is 0.790. The number of benzene rings is 1. The molecule has 1 aromatic carbocycles. The third-order valence-corrected chi connectivity index (χ3v) is 4.93. The fourth-order valence-corrected chi connectivity index (χ4v) is 3.53. The van der Waals surface area contributed by atoms with Gasteiger partial charge in [-0.05, 0) is 49.3 Å². The minimum atomic E-state index is -0.178. The summed E-state index contributed by atoms with van der Waals surface area (Å²) in [5.74, 6) is -0.178. The lowest BCUT2D eigenvalue weighted by Crippen LogP contribution is -2.42. The van der Waals surface area contributed by atoms with E-state index < -0.39 is 0 Å². The number of amides is 2. The number of rotatable bonds is 4. The zero-order valence-electron chi connectivity index (χ0n) is 13.0. The lowest BCUT2D eigenvalue weighted by molar-refractivity contribution is -0.124. The number of allylic oxidation sites excluding steroid dienone is 2. The summed E-state index contributed by atoms with van der Waals surface area (Å²) in [5.41, 5.74) is 1.07. The lowest BCUT2D eigenvalue weighted by atomic mass is 10.1. The highest BCUT2D eigenvalue weighted by atomic mass is 32.2. The monoisotopic (exact) mass is 328 g/mol. The Morgan fingerprint density at radius 2 is 1.78 bits per heavy atom. The summed E-state index contributed by atoms with van der Waals surface area (Å²) in [4.78, 5) is 28.5. The van der Waals surface area contributed by atoms with Crippen molar-refractivity contribution in [2.75, 3.05) is 19.8 Å². The number of thioether (sulfide) groups is 1. The van der Waals surface area contributed by atoms with E-state index in [-0.39, 0.29) is 11.1 Å². The van der Waals surface area contributed by atoms with Crippen molar-refractivity contribution in [3.63, 3.8) is 0 Å². The van der Waals surface area contributed by atoms with Gasteiger partial charge in [-0.1, -0.05) is 48.9 Å². The Kier molecular flexibility index (Phi) is 5.31. The van der Waals surface area contributed by atoms with Gasteiger partial charge >= 0.3 is 0 Å². The van der Waals surface area contributed by atoms with Crippen LogP contribution in [0.1, 0.15) is 24.8 Å². The first-order valence-electron chi connectivity index (χ1n) is 7.93. The van der Waals surface area contributed by atoms with Crippen molar-refractivity contribution < 1.29 is 9.59 Å². The van der Waals surface area contributed by atoms with E-state index in [1.165, 1.54) is 11.3 Å². The highest BCUT2D eigenvalue weighted by Crippen LogP contribution is 2.31. The molecule has 2 heterocycles. The SMILES string of the molecule is O=C1S/C(=C/C=C/c2ccccc2)C(=O)N1CN1CCCCC1. The molecule has 0 radical (unpaired) electrons. The minimum Gasteiger partial charge on any atom is -0.286 e. The largest absolute Gasteiger partial charge is 0.294 e. The van der Waals surface area contributed by atoms with Crippen LogP contribution in [0, 0.1) is 0 Å². The van der Waals surface area contributed by atoms with Gasteiger partial charge in [-0.25, -0.2) is 0 Å². The van der Waals surface area contributed by atoms with E-state index in [4.69, 9.17) is 0 Å². The molecule has 2 fully saturated rings. The molecule has 0 bridgehead atoms. The number of hydrogen-bond acceptors (Lipinski definition) is 4. The van der Waals surface area contributed by atoms with Crippen molar-refractivity contribution in [3.8, 4) is 0 Å². The molecular weight excluding hydrogens is 308 g/mol. The van der Waals surface area contributed by atoms with Crippen LogP contribution in [-0.4, -0.2) is 40.7 Å². The molecule has 2 aliphatic heterocycles. The molecule has 4 nitrogen and oxygen atoms in total. The van der Waals surface area contributed by atoms with Crippen LogP contribution in [0.25, 0.3) is 6.08 Å². The highest BCUT2D eigenvalue weighted by Gasteiger charge is 2.35. The molecule has 0 spiro atoms. The van der Waals surface area contributed by atoms with E-state index in [1.807, 2.05) is 42.5 Å². The zero-order chi connectivity index (χ0) is 16.1. The standard InChI is InChI=1S/C18H20N2O2S/c21-17-16(11-7-10-15-8-3-1-4-9-15)23-18(22)20(17)14-19-12-5-2-6-13-19/h1,3-4,7-11H,2,5-6,12-14H2/b10-7+,16-11+. The molecule has 23 heavy (non-hydrogen) atoms. The summed E-state index contributed by atoms with van der Waals surface area (Å²) in [7, 11) is 0. The van der Waals surface area contributed by atoms with Gasteiger partial charge in [-0.3, -0.25) is 19.4 Å². The first-order valence-corrected chi connectivity index (χ1v) is 8.75. The Morgan fingerprint density at radius 3 is 2.52 bits per heavy atom. The Bertz CT molecular complexity index is 634. The molecule has 0 N–H and O–H groups in total. The Hall–Kier alpha value is -1.85. The van der Waals surface area contributed by atoms with E-state index in [1.54, 1.807) is 6.08 Å². The number of carbonyl (C=O) groups is 2. The molecule has 0 aromatic heterocycles. The maximum atomic E-state index is 12.4. The average Bonchev–Trinajstić information content (AvgIpc) is 2.85. The van der Waals surface area contributed by atoms with Gasteiger partial charge < -0.3 is 0 Å². The van der Waals surface area contributed by atoms with Crippen LogP contribution >= 0.6 is 11.8 Å². The molecule has 0 unspecified atom stereocenters. The summed E-state index contributed by atoms with van der Waals surface area (Å²) in [6, 6.07) is 9.88. The maximum absolute atomic E-state index is 12.4. The van der Waals surface area contributed by atoms with Crippen molar-refractivity contribution in [1.82, 2.24) is 9.80 Å². The molecule has 0 atom stereocenters. The zero-order valence-corrected chi connectivity index (χ0v) is 13.8. The number of hydrogen-bond donors (Lipinski definition) is 0. The third-order valence-electron chi connectivity index (χ3n) is 4.00. The normalized spacial score (nSPS) is 21.7. The fraction of sp³-hybridized carbons (Fsp3) is 0.333. The lowest BCUT2D eigenvalue weighted by Gasteiger charge is -2.29. The van der Waals surface area contributed by atoms with Crippen LogP contribution in [0.3, 0.4) is 0 Å². The molecule has 2 saturated heterocycles. The molecule has 2 aliphatic rings. The van der Waals surface area contributed by atoms with Gasteiger partial charge in [-0.2, -0.15) is 0 Å². The third kappa shape index (κ3) is 4.12. The smallest absolute Gasteiger partial charge is 0.286 e. The summed E-state index contributed by atoms with van der Waals surface area (Å²) >= 11 is 1.03.